The first-order valence-corrected chi connectivity index (χ1v) is 7.25. The van der Waals surface area contributed by atoms with Crippen molar-refractivity contribution in [2.45, 2.75) is 6.54 Å². The van der Waals surface area contributed by atoms with Crippen LogP contribution in [0.4, 0.5) is 5.69 Å². The van der Waals surface area contributed by atoms with Gasteiger partial charge in [-0.3, -0.25) is 14.9 Å². The van der Waals surface area contributed by atoms with Crippen molar-refractivity contribution in [3.05, 3.63) is 80.9 Å². The first-order chi connectivity index (χ1) is 11.0. The fourth-order valence-electron chi connectivity index (χ4n) is 1.99. The molecule has 0 heterocycles. The Morgan fingerprint density at radius 2 is 1.96 bits per heavy atom. The van der Waals surface area contributed by atoms with E-state index in [9.17, 15) is 14.9 Å². The van der Waals surface area contributed by atoms with Crippen molar-refractivity contribution in [2.75, 3.05) is 7.05 Å². The molecule has 0 N–H and O–H groups in total. The number of nitro benzene ring substituents is 1. The molecule has 0 saturated heterocycles. The first-order valence-electron chi connectivity index (χ1n) is 6.88. The Labute approximate surface area is 139 Å². The fraction of sp³-hybridized carbons (Fsp3) is 0.118. The Morgan fingerprint density at radius 1 is 1.26 bits per heavy atom. The summed E-state index contributed by atoms with van der Waals surface area (Å²) in [5.41, 5.74) is 1.68. The van der Waals surface area contributed by atoms with Crippen LogP contribution >= 0.6 is 11.6 Å². The van der Waals surface area contributed by atoms with Gasteiger partial charge in [-0.15, -0.1) is 0 Å². The van der Waals surface area contributed by atoms with E-state index in [1.54, 1.807) is 36.2 Å². The highest BCUT2D eigenvalue weighted by atomic mass is 35.5. The highest BCUT2D eigenvalue weighted by Crippen LogP contribution is 2.14. The average molecular weight is 331 g/mol. The SMILES string of the molecule is CN(Cc1cccc(Cl)c1)C(=O)/C=C/c1ccc([N+](=O)[O-])cc1. The summed E-state index contributed by atoms with van der Waals surface area (Å²) >= 11 is 5.92. The molecule has 0 fully saturated rings. The van der Waals surface area contributed by atoms with Gasteiger partial charge in [0.25, 0.3) is 5.69 Å². The van der Waals surface area contributed by atoms with Crippen molar-refractivity contribution in [3.8, 4) is 0 Å². The molecule has 118 valence electrons. The van der Waals surface area contributed by atoms with Gasteiger partial charge in [0.05, 0.1) is 4.92 Å². The summed E-state index contributed by atoms with van der Waals surface area (Å²) in [5, 5.41) is 11.2. The zero-order chi connectivity index (χ0) is 16.8. The van der Waals surface area contributed by atoms with Crippen LogP contribution in [0.1, 0.15) is 11.1 Å². The third kappa shape index (κ3) is 4.93. The molecular formula is C17H15ClN2O3. The first kappa shape index (κ1) is 16.7. The number of hydrogen-bond acceptors (Lipinski definition) is 3. The number of halogens is 1. The van der Waals surface area contributed by atoms with Crippen LogP contribution in [0.25, 0.3) is 6.08 Å². The second-order valence-corrected chi connectivity index (χ2v) is 5.44. The molecular weight excluding hydrogens is 316 g/mol. The van der Waals surface area contributed by atoms with E-state index in [-0.39, 0.29) is 11.6 Å². The van der Waals surface area contributed by atoms with E-state index in [1.807, 2.05) is 18.2 Å². The van der Waals surface area contributed by atoms with Gasteiger partial charge in [-0.05, 0) is 41.5 Å². The van der Waals surface area contributed by atoms with Crippen molar-refractivity contribution in [2.24, 2.45) is 0 Å². The smallest absolute Gasteiger partial charge is 0.269 e. The summed E-state index contributed by atoms with van der Waals surface area (Å²) in [6.45, 7) is 0.448. The zero-order valence-corrected chi connectivity index (χ0v) is 13.2. The monoisotopic (exact) mass is 330 g/mol. The van der Waals surface area contributed by atoms with Crippen LogP contribution in [0.15, 0.2) is 54.6 Å². The summed E-state index contributed by atoms with van der Waals surface area (Å²) in [7, 11) is 1.70. The number of carbonyl (C=O) groups excluding carboxylic acids is 1. The van der Waals surface area contributed by atoms with Gasteiger partial charge in [-0.2, -0.15) is 0 Å². The lowest BCUT2D eigenvalue weighted by Gasteiger charge is -2.15. The van der Waals surface area contributed by atoms with Gasteiger partial charge < -0.3 is 4.90 Å². The molecule has 0 atom stereocenters. The lowest BCUT2D eigenvalue weighted by Crippen LogP contribution is -2.24. The van der Waals surface area contributed by atoms with E-state index in [0.29, 0.717) is 11.6 Å². The Balaban J connectivity index is 1.98. The quantitative estimate of drug-likeness (QED) is 0.474. The number of nitro groups is 1. The number of likely N-dealkylation sites (N-methyl/N-ethyl adjacent to an activating group) is 1. The lowest BCUT2D eigenvalue weighted by atomic mass is 10.2. The van der Waals surface area contributed by atoms with Gasteiger partial charge in [0, 0.05) is 36.8 Å². The topological polar surface area (TPSA) is 63.5 Å². The third-order valence-electron chi connectivity index (χ3n) is 3.21. The maximum atomic E-state index is 12.1. The summed E-state index contributed by atoms with van der Waals surface area (Å²) < 4.78 is 0. The number of hydrogen-bond donors (Lipinski definition) is 0. The Hall–Kier alpha value is -2.66. The molecule has 1 amide bonds. The van der Waals surface area contributed by atoms with Crippen LogP contribution in [-0.2, 0) is 11.3 Å². The minimum atomic E-state index is -0.461. The van der Waals surface area contributed by atoms with Crippen molar-refractivity contribution in [1.82, 2.24) is 4.90 Å². The molecule has 0 radical (unpaired) electrons. The molecule has 5 nitrogen and oxygen atoms in total. The molecule has 23 heavy (non-hydrogen) atoms. The lowest BCUT2D eigenvalue weighted by molar-refractivity contribution is -0.384. The maximum Gasteiger partial charge on any atom is 0.269 e. The molecule has 2 aromatic rings. The summed E-state index contributed by atoms with van der Waals surface area (Å²) in [5.74, 6) is -0.164. The number of amides is 1. The minimum Gasteiger partial charge on any atom is -0.338 e. The van der Waals surface area contributed by atoms with Crippen LogP contribution in [0.3, 0.4) is 0 Å². The Morgan fingerprint density at radius 3 is 2.57 bits per heavy atom. The largest absolute Gasteiger partial charge is 0.338 e. The molecule has 0 unspecified atom stereocenters. The zero-order valence-electron chi connectivity index (χ0n) is 12.5. The highest BCUT2D eigenvalue weighted by Gasteiger charge is 2.07. The highest BCUT2D eigenvalue weighted by molar-refractivity contribution is 6.30. The van der Waals surface area contributed by atoms with Crippen LogP contribution < -0.4 is 0 Å². The second-order valence-electron chi connectivity index (χ2n) is 5.01. The summed E-state index contributed by atoms with van der Waals surface area (Å²) in [6, 6.07) is 13.3. The van der Waals surface area contributed by atoms with E-state index in [4.69, 9.17) is 11.6 Å². The van der Waals surface area contributed by atoms with Crippen molar-refractivity contribution in [1.29, 1.82) is 0 Å². The van der Waals surface area contributed by atoms with Gasteiger partial charge in [-0.1, -0.05) is 23.7 Å². The Kier molecular flexibility index (Phi) is 5.49. The summed E-state index contributed by atoms with van der Waals surface area (Å²) in [4.78, 5) is 23.8. The van der Waals surface area contributed by atoms with E-state index in [0.717, 1.165) is 11.1 Å². The number of carbonyl (C=O) groups is 1. The molecule has 2 aromatic carbocycles. The van der Waals surface area contributed by atoms with Gasteiger partial charge >= 0.3 is 0 Å². The van der Waals surface area contributed by atoms with Crippen LogP contribution in [0.2, 0.25) is 5.02 Å². The van der Waals surface area contributed by atoms with E-state index < -0.39 is 4.92 Å². The van der Waals surface area contributed by atoms with Crippen molar-refractivity contribution < 1.29 is 9.72 Å². The predicted octanol–water partition coefficient (Wildman–Crippen LogP) is 3.92. The molecule has 6 heteroatoms. The minimum absolute atomic E-state index is 0.0200. The third-order valence-corrected chi connectivity index (χ3v) is 3.44. The van der Waals surface area contributed by atoms with Gasteiger partial charge in [-0.25, -0.2) is 0 Å². The van der Waals surface area contributed by atoms with Crippen molar-refractivity contribution in [3.63, 3.8) is 0 Å². The van der Waals surface area contributed by atoms with E-state index >= 15 is 0 Å². The van der Waals surface area contributed by atoms with Crippen LogP contribution in [-0.4, -0.2) is 22.8 Å². The molecule has 0 saturated carbocycles. The standard InChI is InChI=1S/C17H15ClN2O3/c1-19(12-14-3-2-4-15(18)11-14)17(21)10-7-13-5-8-16(9-6-13)20(22)23/h2-11H,12H2,1H3/b10-7+. The van der Waals surface area contributed by atoms with Crippen LogP contribution in [0.5, 0.6) is 0 Å². The average Bonchev–Trinajstić information content (AvgIpc) is 2.53. The van der Waals surface area contributed by atoms with Crippen molar-refractivity contribution >= 4 is 29.3 Å². The predicted molar refractivity (Wildman–Crippen MR) is 90.1 cm³/mol. The van der Waals surface area contributed by atoms with Crippen LogP contribution in [0, 0.1) is 10.1 Å². The summed E-state index contributed by atoms with van der Waals surface area (Å²) in [6.07, 6.45) is 3.06. The molecule has 0 aliphatic heterocycles. The Bertz CT molecular complexity index is 742. The molecule has 0 aliphatic rings. The fourth-order valence-corrected chi connectivity index (χ4v) is 2.20. The van der Waals surface area contributed by atoms with Gasteiger partial charge in [0.1, 0.15) is 0 Å². The number of non-ortho nitro benzene ring substituents is 1. The molecule has 0 bridgehead atoms. The maximum absolute atomic E-state index is 12.1. The molecule has 0 aromatic heterocycles. The van der Waals surface area contributed by atoms with Gasteiger partial charge in [0.15, 0.2) is 0 Å². The van der Waals surface area contributed by atoms with E-state index in [2.05, 4.69) is 0 Å². The number of rotatable bonds is 5. The normalized spacial score (nSPS) is 10.7. The number of nitrogens with zero attached hydrogens (tertiary/aromatic N) is 2. The molecule has 2 rings (SSSR count). The molecule has 0 spiro atoms. The van der Waals surface area contributed by atoms with E-state index in [1.165, 1.54) is 18.2 Å². The molecule has 0 aliphatic carbocycles. The number of benzene rings is 2. The van der Waals surface area contributed by atoms with Gasteiger partial charge in [0.2, 0.25) is 5.91 Å². The second kappa shape index (κ2) is 7.56.